The minimum absolute atomic E-state index is 0.206. The van der Waals surface area contributed by atoms with Crippen LogP contribution in [-0.2, 0) is 4.79 Å². The van der Waals surface area contributed by atoms with Crippen molar-refractivity contribution < 1.29 is 13.9 Å². The van der Waals surface area contributed by atoms with Crippen LogP contribution in [0.5, 0.6) is 5.75 Å². The highest BCUT2D eigenvalue weighted by Gasteiger charge is 2.20. The number of rotatable bonds is 8. The first kappa shape index (κ1) is 19.0. The molecule has 1 fully saturated rings. The summed E-state index contributed by atoms with van der Waals surface area (Å²) >= 11 is 0. The van der Waals surface area contributed by atoms with Gasteiger partial charge in [0.1, 0.15) is 0 Å². The Morgan fingerprint density at radius 3 is 2.80 bits per heavy atom. The largest absolute Gasteiger partial charge is 0.491 e. The van der Waals surface area contributed by atoms with Crippen LogP contribution in [0.4, 0.5) is 4.39 Å². The van der Waals surface area contributed by atoms with E-state index in [0.717, 1.165) is 32.4 Å². The van der Waals surface area contributed by atoms with Crippen molar-refractivity contribution in [3.8, 4) is 5.75 Å². The van der Waals surface area contributed by atoms with Gasteiger partial charge < -0.3 is 15.8 Å². The summed E-state index contributed by atoms with van der Waals surface area (Å²) in [6, 6.07) is 6.47. The van der Waals surface area contributed by atoms with Gasteiger partial charge in [-0.3, -0.25) is 9.69 Å². The minimum Gasteiger partial charge on any atom is -0.491 e. The summed E-state index contributed by atoms with van der Waals surface area (Å²) < 4.78 is 19.0. The number of likely N-dealkylation sites (tertiary alicyclic amines) is 1. The van der Waals surface area contributed by atoms with Gasteiger partial charge in [0.15, 0.2) is 11.6 Å². The van der Waals surface area contributed by atoms with Gasteiger partial charge in [0.2, 0.25) is 0 Å². The molecule has 1 aliphatic rings. The van der Waals surface area contributed by atoms with Crippen molar-refractivity contribution in [2.75, 3.05) is 26.2 Å². The van der Waals surface area contributed by atoms with Gasteiger partial charge in [-0.15, -0.1) is 0 Å². The lowest BCUT2D eigenvalue weighted by atomic mass is 9.93. The predicted molar refractivity (Wildman–Crippen MR) is 96.3 cm³/mol. The summed E-state index contributed by atoms with van der Waals surface area (Å²) in [6.45, 7) is 6.75. The molecular formula is C19H26FN3O2. The van der Waals surface area contributed by atoms with E-state index in [2.05, 4.69) is 16.8 Å². The maximum atomic E-state index is 13.5. The van der Waals surface area contributed by atoms with Crippen molar-refractivity contribution in [3.05, 3.63) is 54.6 Å². The minimum atomic E-state index is -0.321. The summed E-state index contributed by atoms with van der Waals surface area (Å²) in [5.74, 6) is 0.347. The Morgan fingerprint density at radius 2 is 2.12 bits per heavy atom. The van der Waals surface area contributed by atoms with E-state index in [4.69, 9.17) is 10.5 Å². The van der Waals surface area contributed by atoms with Crippen LogP contribution in [0.25, 0.3) is 0 Å². The Hall–Kier alpha value is -2.34. The molecule has 2 rings (SSSR count). The molecule has 0 atom stereocenters. The monoisotopic (exact) mass is 347 g/mol. The van der Waals surface area contributed by atoms with Gasteiger partial charge in [-0.1, -0.05) is 18.7 Å². The molecule has 0 aliphatic carbocycles. The van der Waals surface area contributed by atoms with E-state index in [-0.39, 0.29) is 11.7 Å². The Balaban J connectivity index is 1.65. The van der Waals surface area contributed by atoms with E-state index in [0.29, 0.717) is 30.4 Å². The van der Waals surface area contributed by atoms with E-state index in [1.807, 2.05) is 0 Å². The fourth-order valence-electron chi connectivity index (χ4n) is 2.90. The summed E-state index contributed by atoms with van der Waals surface area (Å²) in [7, 11) is 0. The number of carbonyl (C=O) groups is 1. The Morgan fingerprint density at radius 1 is 1.40 bits per heavy atom. The van der Waals surface area contributed by atoms with Gasteiger partial charge in [0.25, 0.3) is 5.91 Å². The maximum absolute atomic E-state index is 13.5. The molecular weight excluding hydrogens is 321 g/mol. The quantitative estimate of drug-likeness (QED) is 0.709. The molecule has 0 radical (unpaired) electrons. The second-order valence-corrected chi connectivity index (χ2v) is 6.22. The molecule has 0 unspecified atom stereocenters. The van der Waals surface area contributed by atoms with Crippen LogP contribution < -0.4 is 15.8 Å². The molecule has 5 nitrogen and oxygen atoms in total. The number of carbonyl (C=O) groups excluding carboxylic acids is 1. The number of para-hydroxylation sites is 1. The zero-order valence-corrected chi connectivity index (χ0v) is 14.4. The fourth-order valence-corrected chi connectivity index (χ4v) is 2.90. The fraction of sp³-hybridized carbons (Fsp3) is 0.421. The topological polar surface area (TPSA) is 67.6 Å². The van der Waals surface area contributed by atoms with Crippen molar-refractivity contribution >= 4 is 5.91 Å². The number of hydrogen-bond donors (Lipinski definition) is 2. The molecule has 0 aromatic heterocycles. The molecule has 1 saturated heterocycles. The van der Waals surface area contributed by atoms with E-state index in [9.17, 15) is 9.18 Å². The summed E-state index contributed by atoms with van der Waals surface area (Å²) in [6.07, 6.45) is 5.66. The van der Waals surface area contributed by atoms with Crippen LogP contribution in [-0.4, -0.2) is 37.0 Å². The number of nitrogens with two attached hydrogens (primary N) is 1. The van der Waals surface area contributed by atoms with Gasteiger partial charge in [0.05, 0.1) is 6.61 Å². The van der Waals surface area contributed by atoms with Gasteiger partial charge in [-0.2, -0.15) is 0 Å². The Bertz CT molecular complexity index is 610. The first-order valence-corrected chi connectivity index (χ1v) is 8.55. The molecule has 6 heteroatoms. The van der Waals surface area contributed by atoms with E-state index in [1.165, 1.54) is 18.5 Å². The van der Waals surface area contributed by atoms with Gasteiger partial charge >= 0.3 is 0 Å². The molecule has 25 heavy (non-hydrogen) atoms. The van der Waals surface area contributed by atoms with Crippen molar-refractivity contribution in [1.29, 1.82) is 0 Å². The Kier molecular flexibility index (Phi) is 7.47. The van der Waals surface area contributed by atoms with Crippen molar-refractivity contribution in [2.24, 2.45) is 11.7 Å². The molecule has 3 N–H and O–H groups in total. The molecule has 1 aliphatic heterocycles. The van der Waals surface area contributed by atoms with E-state index < -0.39 is 0 Å². The lowest BCUT2D eigenvalue weighted by Crippen LogP contribution is -2.37. The van der Waals surface area contributed by atoms with Crippen molar-refractivity contribution in [2.45, 2.75) is 19.3 Å². The summed E-state index contributed by atoms with van der Waals surface area (Å²) in [4.78, 5) is 14.0. The van der Waals surface area contributed by atoms with E-state index in [1.54, 1.807) is 18.2 Å². The molecule has 136 valence electrons. The first-order valence-electron chi connectivity index (χ1n) is 8.55. The predicted octanol–water partition coefficient (Wildman–Crippen LogP) is 2.41. The lowest BCUT2D eigenvalue weighted by molar-refractivity contribution is -0.116. The number of piperidine rings is 1. The van der Waals surface area contributed by atoms with Crippen LogP contribution in [0.3, 0.4) is 0 Å². The second kappa shape index (κ2) is 9.84. The zero-order chi connectivity index (χ0) is 18.1. The summed E-state index contributed by atoms with van der Waals surface area (Å²) in [5, 5.41) is 2.56. The normalized spacial score (nSPS) is 16.0. The zero-order valence-electron chi connectivity index (χ0n) is 14.4. The molecule has 1 aromatic carbocycles. The standard InChI is InChI=1S/C19H26FN3O2/c1-15(19(24)22-10-9-21)14-23-11-6-16(7-12-23)8-13-25-18-5-3-2-4-17(18)20/h2-5,9-10,16H,1,6-8,11-14,21H2,(H,22,24)/b10-9-. The van der Waals surface area contributed by atoms with Crippen molar-refractivity contribution in [1.82, 2.24) is 10.2 Å². The average Bonchev–Trinajstić information content (AvgIpc) is 2.62. The summed E-state index contributed by atoms with van der Waals surface area (Å²) in [5.41, 5.74) is 5.72. The van der Waals surface area contributed by atoms with Crippen LogP contribution >= 0.6 is 0 Å². The number of nitrogens with one attached hydrogen (secondary N) is 1. The number of nitrogens with zero attached hydrogens (tertiary/aromatic N) is 1. The highest BCUT2D eigenvalue weighted by molar-refractivity contribution is 5.93. The molecule has 0 bridgehead atoms. The van der Waals surface area contributed by atoms with Crippen LogP contribution in [0.15, 0.2) is 48.8 Å². The number of benzene rings is 1. The second-order valence-electron chi connectivity index (χ2n) is 6.22. The number of amides is 1. The average molecular weight is 347 g/mol. The third-order valence-corrected chi connectivity index (χ3v) is 4.37. The van der Waals surface area contributed by atoms with E-state index >= 15 is 0 Å². The number of hydrogen-bond acceptors (Lipinski definition) is 4. The number of ether oxygens (including phenoxy) is 1. The molecule has 1 amide bonds. The maximum Gasteiger partial charge on any atom is 0.251 e. The third-order valence-electron chi connectivity index (χ3n) is 4.37. The molecule has 0 spiro atoms. The highest BCUT2D eigenvalue weighted by Crippen LogP contribution is 2.22. The van der Waals surface area contributed by atoms with Gasteiger partial charge in [-0.05, 0) is 50.4 Å². The third kappa shape index (κ3) is 6.23. The van der Waals surface area contributed by atoms with Gasteiger partial charge in [0, 0.05) is 24.5 Å². The van der Waals surface area contributed by atoms with Crippen LogP contribution in [0.1, 0.15) is 19.3 Å². The molecule has 1 aromatic rings. The SMILES string of the molecule is C=C(CN1CCC(CCOc2ccccc2F)CC1)C(=O)N/C=C\N. The number of halogens is 1. The van der Waals surface area contributed by atoms with Gasteiger partial charge in [-0.25, -0.2) is 4.39 Å². The van der Waals surface area contributed by atoms with Crippen LogP contribution in [0, 0.1) is 11.7 Å². The Labute approximate surface area is 148 Å². The van der Waals surface area contributed by atoms with Crippen molar-refractivity contribution in [3.63, 3.8) is 0 Å². The highest BCUT2D eigenvalue weighted by atomic mass is 19.1. The first-order chi connectivity index (χ1) is 12.1. The van der Waals surface area contributed by atoms with Crippen LogP contribution in [0.2, 0.25) is 0 Å². The molecule has 1 heterocycles. The lowest BCUT2D eigenvalue weighted by Gasteiger charge is -2.32. The smallest absolute Gasteiger partial charge is 0.251 e. The molecule has 0 saturated carbocycles.